The van der Waals surface area contributed by atoms with Crippen molar-refractivity contribution in [3.63, 3.8) is 0 Å². The van der Waals surface area contributed by atoms with Gasteiger partial charge in [-0.25, -0.2) is 0 Å². The number of nitrogens with zero attached hydrogens (tertiary/aromatic N) is 1. The molecule has 6 N–H and O–H groups in total. The third kappa shape index (κ3) is 3.92. The monoisotopic (exact) mass is 321 g/mol. The molecule has 6 heteroatoms. The van der Waals surface area contributed by atoms with E-state index in [1.165, 1.54) is 6.07 Å². The van der Waals surface area contributed by atoms with Gasteiger partial charge >= 0.3 is 0 Å². The van der Waals surface area contributed by atoms with Gasteiger partial charge in [0.25, 0.3) is 0 Å². The van der Waals surface area contributed by atoms with E-state index >= 15 is 0 Å². The first kappa shape index (κ1) is 12.1. The maximum atomic E-state index is 9.69. The van der Waals surface area contributed by atoms with E-state index in [1.54, 1.807) is 12.1 Å². The van der Waals surface area contributed by atoms with Gasteiger partial charge in [0.1, 0.15) is 5.75 Å². The molecule has 0 unspecified atom stereocenters. The summed E-state index contributed by atoms with van der Waals surface area (Å²) in [5.74, 6) is 0.0459. The summed E-state index contributed by atoms with van der Waals surface area (Å²) in [6, 6.07) is 4.83. The highest BCUT2D eigenvalue weighted by atomic mass is 127. The molecule has 0 saturated heterocycles. The Bertz CT molecular complexity index is 357. The minimum absolute atomic E-state index is 0.0658. The average molecular weight is 321 g/mol. The number of phenols is 1. The molecule has 5 nitrogen and oxygen atoms in total. The number of aliphatic imine (C=N–C) groups is 1. The average Bonchev–Trinajstić information content (AvgIpc) is 2.12. The molecule has 15 heavy (non-hydrogen) atoms. The molecule has 1 rings (SSSR count). The zero-order valence-corrected chi connectivity index (χ0v) is 10.0. The number of phenolic OH excluding ortho intramolecular Hbond substituents is 1. The quantitative estimate of drug-likeness (QED) is 0.365. The van der Waals surface area contributed by atoms with Crippen molar-refractivity contribution in [2.45, 2.75) is 6.10 Å². The summed E-state index contributed by atoms with van der Waals surface area (Å²) in [6.45, 7) is 0.0852. The number of guanidine groups is 1. The lowest BCUT2D eigenvalue weighted by molar-refractivity contribution is 0.187. The SMILES string of the molecule is NC(N)=NC[C@H](O)c1cc(O)cc(I)c1. The lowest BCUT2D eigenvalue weighted by Gasteiger charge is -2.09. The van der Waals surface area contributed by atoms with Crippen LogP contribution in [0, 0.1) is 3.57 Å². The highest BCUT2D eigenvalue weighted by Crippen LogP contribution is 2.22. The van der Waals surface area contributed by atoms with Crippen molar-refractivity contribution in [2.75, 3.05) is 6.54 Å². The number of halogens is 1. The third-order valence-electron chi connectivity index (χ3n) is 1.74. The molecular formula is C9H12IN3O2. The normalized spacial score (nSPS) is 12.1. The zero-order valence-electron chi connectivity index (χ0n) is 7.89. The summed E-state index contributed by atoms with van der Waals surface area (Å²) in [5.41, 5.74) is 10.9. The molecule has 0 aliphatic heterocycles. The van der Waals surface area contributed by atoms with Gasteiger partial charge in [-0.2, -0.15) is 0 Å². The van der Waals surface area contributed by atoms with Gasteiger partial charge in [-0.05, 0) is 46.4 Å². The number of benzene rings is 1. The van der Waals surface area contributed by atoms with Crippen LogP contribution in [0.15, 0.2) is 23.2 Å². The van der Waals surface area contributed by atoms with Gasteiger partial charge < -0.3 is 21.7 Å². The molecule has 82 valence electrons. The molecule has 1 aromatic carbocycles. The van der Waals surface area contributed by atoms with Crippen LogP contribution >= 0.6 is 22.6 Å². The Labute approximate surface area is 101 Å². The predicted molar refractivity (Wildman–Crippen MR) is 66.5 cm³/mol. The van der Waals surface area contributed by atoms with E-state index < -0.39 is 6.10 Å². The van der Waals surface area contributed by atoms with Gasteiger partial charge in [-0.15, -0.1) is 0 Å². The van der Waals surface area contributed by atoms with Crippen LogP contribution in [0.2, 0.25) is 0 Å². The molecule has 1 aromatic rings. The van der Waals surface area contributed by atoms with Crippen molar-refractivity contribution >= 4 is 28.6 Å². The number of nitrogens with two attached hydrogens (primary N) is 2. The van der Waals surface area contributed by atoms with Crippen molar-refractivity contribution in [1.29, 1.82) is 0 Å². The maximum Gasteiger partial charge on any atom is 0.186 e. The summed E-state index contributed by atoms with van der Waals surface area (Å²) in [7, 11) is 0. The number of aliphatic hydroxyl groups excluding tert-OH is 1. The van der Waals surface area contributed by atoms with E-state index in [9.17, 15) is 10.2 Å². The molecular weight excluding hydrogens is 309 g/mol. The number of aromatic hydroxyl groups is 1. The van der Waals surface area contributed by atoms with E-state index in [0.717, 1.165) is 3.57 Å². The maximum absolute atomic E-state index is 9.69. The fourth-order valence-electron chi connectivity index (χ4n) is 1.09. The van der Waals surface area contributed by atoms with Crippen LogP contribution in [0.5, 0.6) is 5.75 Å². The van der Waals surface area contributed by atoms with Crippen LogP contribution in [-0.4, -0.2) is 22.7 Å². The molecule has 0 radical (unpaired) electrons. The zero-order chi connectivity index (χ0) is 11.4. The molecule has 0 bridgehead atoms. The van der Waals surface area contributed by atoms with Crippen molar-refractivity contribution in [3.05, 3.63) is 27.3 Å². The molecule has 0 aliphatic carbocycles. The number of hydrogen-bond donors (Lipinski definition) is 4. The first-order valence-electron chi connectivity index (χ1n) is 4.22. The lowest BCUT2D eigenvalue weighted by atomic mass is 10.1. The minimum atomic E-state index is -0.812. The molecule has 1 atom stereocenters. The second-order valence-electron chi connectivity index (χ2n) is 3.02. The Morgan fingerprint density at radius 1 is 1.40 bits per heavy atom. The Hall–Kier alpha value is -1.02. The summed E-state index contributed by atoms with van der Waals surface area (Å²) in [6.07, 6.45) is -0.812. The third-order valence-corrected chi connectivity index (χ3v) is 2.36. The Morgan fingerprint density at radius 3 is 2.60 bits per heavy atom. The van der Waals surface area contributed by atoms with Crippen LogP contribution in [0.25, 0.3) is 0 Å². The van der Waals surface area contributed by atoms with Crippen LogP contribution in [0.3, 0.4) is 0 Å². The highest BCUT2D eigenvalue weighted by Gasteiger charge is 2.08. The van der Waals surface area contributed by atoms with E-state index in [1.807, 2.05) is 22.6 Å². The molecule has 0 saturated carbocycles. The van der Waals surface area contributed by atoms with Gasteiger partial charge in [-0.1, -0.05) is 0 Å². The summed E-state index contributed by atoms with van der Waals surface area (Å²) >= 11 is 2.05. The summed E-state index contributed by atoms with van der Waals surface area (Å²) < 4.78 is 0.839. The van der Waals surface area contributed by atoms with E-state index in [-0.39, 0.29) is 18.3 Å². The second kappa shape index (κ2) is 5.17. The number of hydrogen-bond acceptors (Lipinski definition) is 3. The Balaban J connectivity index is 2.81. The van der Waals surface area contributed by atoms with Crippen molar-refractivity contribution in [2.24, 2.45) is 16.5 Å². The van der Waals surface area contributed by atoms with E-state index in [2.05, 4.69) is 4.99 Å². The fourth-order valence-corrected chi connectivity index (χ4v) is 1.76. The van der Waals surface area contributed by atoms with Gasteiger partial charge in [0.15, 0.2) is 5.96 Å². The molecule has 0 fully saturated rings. The molecule has 0 spiro atoms. The van der Waals surface area contributed by atoms with Gasteiger partial charge in [0.2, 0.25) is 0 Å². The van der Waals surface area contributed by atoms with Crippen molar-refractivity contribution < 1.29 is 10.2 Å². The van der Waals surface area contributed by atoms with Crippen molar-refractivity contribution in [3.8, 4) is 5.75 Å². The highest BCUT2D eigenvalue weighted by molar-refractivity contribution is 14.1. The van der Waals surface area contributed by atoms with Gasteiger partial charge in [0.05, 0.1) is 12.6 Å². The smallest absolute Gasteiger partial charge is 0.186 e. The summed E-state index contributed by atoms with van der Waals surface area (Å²) in [5, 5.41) is 19.0. The second-order valence-corrected chi connectivity index (χ2v) is 4.27. The van der Waals surface area contributed by atoms with Gasteiger partial charge in [-0.3, -0.25) is 4.99 Å². The largest absolute Gasteiger partial charge is 0.508 e. The van der Waals surface area contributed by atoms with Crippen LogP contribution in [0.1, 0.15) is 11.7 Å². The molecule has 0 amide bonds. The van der Waals surface area contributed by atoms with Crippen LogP contribution in [-0.2, 0) is 0 Å². The van der Waals surface area contributed by atoms with E-state index in [4.69, 9.17) is 11.5 Å². The van der Waals surface area contributed by atoms with E-state index in [0.29, 0.717) is 5.56 Å². The Morgan fingerprint density at radius 2 is 2.07 bits per heavy atom. The van der Waals surface area contributed by atoms with Gasteiger partial charge in [0, 0.05) is 3.57 Å². The lowest BCUT2D eigenvalue weighted by Crippen LogP contribution is -2.23. The molecule has 0 aliphatic rings. The number of rotatable bonds is 3. The fraction of sp³-hybridized carbons (Fsp3) is 0.222. The Kier molecular flexibility index (Phi) is 4.15. The van der Waals surface area contributed by atoms with Crippen LogP contribution < -0.4 is 11.5 Å². The van der Waals surface area contributed by atoms with Crippen LogP contribution in [0.4, 0.5) is 0 Å². The number of aliphatic hydroxyl groups is 1. The minimum Gasteiger partial charge on any atom is -0.508 e. The molecule has 0 aromatic heterocycles. The standard InChI is InChI=1S/C9H12IN3O2/c10-6-1-5(2-7(14)3-6)8(15)4-13-9(11)12/h1-3,8,14-15H,4H2,(H4,11,12,13)/t8-/m0/s1. The first-order valence-corrected chi connectivity index (χ1v) is 5.30. The first-order chi connectivity index (χ1) is 6.99. The topological polar surface area (TPSA) is 105 Å². The van der Waals surface area contributed by atoms with Crippen molar-refractivity contribution in [1.82, 2.24) is 0 Å². The molecule has 0 heterocycles. The predicted octanol–water partition coefficient (Wildman–Crippen LogP) is 0.304. The summed E-state index contributed by atoms with van der Waals surface area (Å²) in [4.78, 5) is 3.70.